The second-order valence-electron chi connectivity index (χ2n) is 4.28. The molecule has 1 heterocycles. The molecule has 0 spiro atoms. The van der Waals surface area contributed by atoms with Gasteiger partial charge in [-0.1, -0.05) is 17.7 Å². The third-order valence-electron chi connectivity index (χ3n) is 2.85. The summed E-state index contributed by atoms with van der Waals surface area (Å²) in [7, 11) is 7.23. The van der Waals surface area contributed by atoms with E-state index in [2.05, 4.69) is 11.1 Å². The second-order valence-corrected chi connectivity index (χ2v) is 4.28. The summed E-state index contributed by atoms with van der Waals surface area (Å²) in [5.74, 6) is 1.41. The fraction of sp³-hybridized carbons (Fsp3) is 0.267. The van der Waals surface area contributed by atoms with E-state index in [0.29, 0.717) is 11.5 Å². The minimum atomic E-state index is 0. The van der Waals surface area contributed by atoms with Crippen molar-refractivity contribution in [2.75, 3.05) is 33.2 Å². The van der Waals surface area contributed by atoms with E-state index in [1.54, 1.807) is 26.5 Å². The third kappa shape index (κ3) is 3.48. The van der Waals surface area contributed by atoms with E-state index in [1.165, 1.54) is 0 Å². The Balaban J connectivity index is 0.00000200. The van der Waals surface area contributed by atoms with E-state index in [1.807, 2.05) is 37.2 Å². The summed E-state index contributed by atoms with van der Waals surface area (Å²) in [4.78, 5) is 6.41. The maximum absolute atomic E-state index is 5.38. The zero-order chi connectivity index (χ0) is 13.8. The van der Waals surface area contributed by atoms with Crippen LogP contribution in [0.15, 0.2) is 30.5 Å². The van der Waals surface area contributed by atoms with Gasteiger partial charge in [-0.2, -0.15) is 0 Å². The predicted octanol–water partition coefficient (Wildman–Crippen LogP) is 2.63. The van der Waals surface area contributed by atoms with Crippen molar-refractivity contribution in [3.05, 3.63) is 36.5 Å². The number of nitrogens with zero attached hydrogens (tertiary/aromatic N) is 2. The Morgan fingerprint density at radius 1 is 1.15 bits per heavy atom. The SMILES string of the molecule is COc1c[c-]c(-c2cc(N(C)C)ccn2)c(OC)c1.[Rh]. The molecule has 109 valence electrons. The van der Waals surface area contributed by atoms with Crippen molar-refractivity contribution in [3.63, 3.8) is 0 Å². The maximum Gasteiger partial charge on any atom is 0.0647 e. The van der Waals surface area contributed by atoms with Crippen molar-refractivity contribution < 1.29 is 29.0 Å². The average Bonchev–Trinajstić information content (AvgIpc) is 2.46. The maximum atomic E-state index is 5.38. The second kappa shape index (κ2) is 7.25. The van der Waals surface area contributed by atoms with Gasteiger partial charge in [0.15, 0.2) is 0 Å². The molecule has 1 aromatic heterocycles. The Morgan fingerprint density at radius 3 is 2.50 bits per heavy atom. The van der Waals surface area contributed by atoms with Gasteiger partial charge in [0.05, 0.1) is 14.2 Å². The molecule has 0 N–H and O–H groups in total. The number of pyridine rings is 1. The van der Waals surface area contributed by atoms with Gasteiger partial charge in [-0.25, -0.2) is 0 Å². The summed E-state index contributed by atoms with van der Waals surface area (Å²) in [5, 5.41) is 0. The van der Waals surface area contributed by atoms with Gasteiger partial charge < -0.3 is 19.4 Å². The van der Waals surface area contributed by atoms with Crippen LogP contribution in [-0.4, -0.2) is 33.3 Å². The first kappa shape index (κ1) is 16.4. The third-order valence-corrected chi connectivity index (χ3v) is 2.85. The minimum Gasteiger partial charge on any atom is -0.540 e. The number of anilines is 1. The van der Waals surface area contributed by atoms with E-state index >= 15 is 0 Å². The zero-order valence-electron chi connectivity index (χ0n) is 11.9. The number of aromatic nitrogens is 1. The van der Waals surface area contributed by atoms with Gasteiger partial charge in [-0.15, -0.1) is 12.1 Å². The molecule has 20 heavy (non-hydrogen) atoms. The number of hydrogen-bond donors (Lipinski definition) is 0. The van der Waals surface area contributed by atoms with Gasteiger partial charge in [0, 0.05) is 57.0 Å². The van der Waals surface area contributed by atoms with Gasteiger partial charge >= 0.3 is 0 Å². The molecular weight excluding hydrogens is 343 g/mol. The Bertz CT molecular complexity index is 574. The molecule has 0 atom stereocenters. The summed E-state index contributed by atoms with van der Waals surface area (Å²) < 4.78 is 10.5. The van der Waals surface area contributed by atoms with Crippen LogP contribution in [0.4, 0.5) is 5.69 Å². The van der Waals surface area contributed by atoms with E-state index in [0.717, 1.165) is 16.9 Å². The topological polar surface area (TPSA) is 34.6 Å². The Morgan fingerprint density at radius 2 is 1.90 bits per heavy atom. The largest absolute Gasteiger partial charge is 0.540 e. The fourth-order valence-electron chi connectivity index (χ4n) is 1.77. The zero-order valence-corrected chi connectivity index (χ0v) is 13.6. The van der Waals surface area contributed by atoms with Crippen molar-refractivity contribution in [1.82, 2.24) is 4.98 Å². The van der Waals surface area contributed by atoms with Gasteiger partial charge in [0.1, 0.15) is 0 Å². The molecule has 0 aliphatic heterocycles. The van der Waals surface area contributed by atoms with Crippen molar-refractivity contribution in [3.8, 4) is 22.8 Å². The van der Waals surface area contributed by atoms with E-state index in [9.17, 15) is 0 Å². The molecule has 1 radical (unpaired) electrons. The first-order chi connectivity index (χ1) is 9.15. The van der Waals surface area contributed by atoms with Crippen LogP contribution >= 0.6 is 0 Å². The average molecular weight is 360 g/mol. The normalized spacial score (nSPS) is 9.60. The first-order valence-corrected chi connectivity index (χ1v) is 5.93. The minimum absolute atomic E-state index is 0. The molecule has 0 amide bonds. The Hall–Kier alpha value is -1.61. The summed E-state index contributed by atoms with van der Waals surface area (Å²) in [6, 6.07) is 10.7. The number of rotatable bonds is 4. The fourth-order valence-corrected chi connectivity index (χ4v) is 1.77. The molecule has 0 saturated carbocycles. The molecule has 2 aromatic rings. The van der Waals surface area contributed by atoms with Crippen LogP contribution in [0.25, 0.3) is 11.3 Å². The number of hydrogen-bond acceptors (Lipinski definition) is 4. The molecule has 1 aromatic carbocycles. The molecule has 2 rings (SSSR count). The summed E-state index contributed by atoms with van der Waals surface area (Å²) in [5.41, 5.74) is 2.73. The van der Waals surface area contributed by atoms with Crippen molar-refractivity contribution >= 4 is 5.69 Å². The first-order valence-electron chi connectivity index (χ1n) is 5.93. The van der Waals surface area contributed by atoms with Crippen molar-refractivity contribution in [1.29, 1.82) is 0 Å². The van der Waals surface area contributed by atoms with Gasteiger partial charge in [0.2, 0.25) is 0 Å². The molecule has 0 aliphatic rings. The molecule has 0 unspecified atom stereocenters. The summed E-state index contributed by atoms with van der Waals surface area (Å²) in [6.07, 6.45) is 1.78. The van der Waals surface area contributed by atoms with Crippen LogP contribution in [0.1, 0.15) is 0 Å². The summed E-state index contributed by atoms with van der Waals surface area (Å²) in [6.45, 7) is 0. The Kier molecular flexibility index (Phi) is 5.96. The number of methoxy groups -OCH3 is 2. The number of benzene rings is 1. The van der Waals surface area contributed by atoms with Crippen LogP contribution in [-0.2, 0) is 19.5 Å². The standard InChI is InChI=1S/C15H17N2O2.Rh/c1-17(2)11-7-8-16-14(9-11)13-6-5-12(18-3)10-15(13)19-4;/h5,7-10H,1-4H3;/q-1;. The Labute approximate surface area is 132 Å². The molecular formula is C15H17N2O2Rh-. The molecule has 4 nitrogen and oxygen atoms in total. The molecule has 0 bridgehead atoms. The van der Waals surface area contributed by atoms with Crippen LogP contribution in [0.2, 0.25) is 0 Å². The van der Waals surface area contributed by atoms with Gasteiger partial charge in [-0.05, 0) is 11.8 Å². The van der Waals surface area contributed by atoms with Crippen molar-refractivity contribution in [2.24, 2.45) is 0 Å². The molecule has 0 aliphatic carbocycles. The van der Waals surface area contributed by atoms with Gasteiger partial charge in [0.25, 0.3) is 0 Å². The van der Waals surface area contributed by atoms with E-state index in [4.69, 9.17) is 9.47 Å². The molecule has 0 saturated heterocycles. The molecule has 5 heteroatoms. The van der Waals surface area contributed by atoms with Crippen LogP contribution in [0.5, 0.6) is 11.5 Å². The molecule has 0 fully saturated rings. The predicted molar refractivity (Wildman–Crippen MR) is 75.9 cm³/mol. The monoisotopic (exact) mass is 360 g/mol. The summed E-state index contributed by atoms with van der Waals surface area (Å²) >= 11 is 0. The van der Waals surface area contributed by atoms with Crippen LogP contribution in [0.3, 0.4) is 0 Å². The van der Waals surface area contributed by atoms with E-state index in [-0.39, 0.29) is 19.5 Å². The van der Waals surface area contributed by atoms with Crippen LogP contribution < -0.4 is 14.4 Å². The smallest absolute Gasteiger partial charge is 0.0647 e. The number of ether oxygens (including phenoxy) is 2. The van der Waals surface area contributed by atoms with Gasteiger partial charge in [-0.3, -0.25) is 0 Å². The van der Waals surface area contributed by atoms with Crippen molar-refractivity contribution in [2.45, 2.75) is 0 Å². The quantitative estimate of drug-likeness (QED) is 0.620. The van der Waals surface area contributed by atoms with E-state index < -0.39 is 0 Å². The van der Waals surface area contributed by atoms with Crippen LogP contribution in [0, 0.1) is 6.07 Å².